The molecule has 0 fully saturated rings. The number of aryl methyl sites for hydroxylation is 1. The van der Waals surface area contributed by atoms with Gasteiger partial charge in [0.1, 0.15) is 6.33 Å². The molecule has 10 heteroatoms. The Hall–Kier alpha value is -2.36. The van der Waals surface area contributed by atoms with Gasteiger partial charge in [-0.3, -0.25) is 0 Å². The van der Waals surface area contributed by atoms with Gasteiger partial charge in [0.15, 0.2) is 11.6 Å². The topological polar surface area (TPSA) is 112 Å². The number of rotatable bonds is 4. The van der Waals surface area contributed by atoms with E-state index in [1.165, 1.54) is 25.2 Å². The molecule has 0 aliphatic heterocycles. The minimum Gasteiger partial charge on any atom is -0.492 e. The minimum atomic E-state index is -4.02. The zero-order valence-electron chi connectivity index (χ0n) is 10.7. The molecule has 0 radical (unpaired) electrons. The molecule has 0 aliphatic carbocycles. The van der Waals surface area contributed by atoms with Crippen LogP contribution < -0.4 is 15.2 Å². The van der Waals surface area contributed by atoms with Gasteiger partial charge in [0.25, 0.3) is 10.0 Å². The Bertz CT molecular complexity index is 720. The van der Waals surface area contributed by atoms with Crippen LogP contribution in [0.25, 0.3) is 0 Å². The maximum Gasteiger partial charge on any atom is 0.264 e. The first-order valence-electron chi connectivity index (χ1n) is 5.35. The highest BCUT2D eigenvalue weighted by Crippen LogP contribution is 2.29. The molecular formula is C10H12FN5O3S. The van der Waals surface area contributed by atoms with Crippen molar-refractivity contribution < 1.29 is 17.5 Å². The molecule has 2 aromatic rings. The monoisotopic (exact) mass is 301 g/mol. The SMILES string of the molecule is COc1c(N)cc(S(=O)(=O)Nc2ncnn2C)cc1F. The van der Waals surface area contributed by atoms with Crippen LogP contribution in [0.5, 0.6) is 5.75 Å². The van der Waals surface area contributed by atoms with Crippen LogP contribution >= 0.6 is 0 Å². The quantitative estimate of drug-likeness (QED) is 0.788. The van der Waals surface area contributed by atoms with Crippen molar-refractivity contribution >= 4 is 21.7 Å². The number of nitrogens with zero attached hydrogens (tertiary/aromatic N) is 3. The summed E-state index contributed by atoms with van der Waals surface area (Å²) >= 11 is 0. The fourth-order valence-electron chi connectivity index (χ4n) is 1.53. The Morgan fingerprint density at radius 3 is 2.65 bits per heavy atom. The van der Waals surface area contributed by atoms with Gasteiger partial charge in [-0.2, -0.15) is 10.1 Å². The van der Waals surface area contributed by atoms with E-state index in [4.69, 9.17) is 10.5 Å². The third-order valence-electron chi connectivity index (χ3n) is 2.50. The van der Waals surface area contributed by atoms with E-state index < -0.39 is 15.8 Å². The molecule has 0 atom stereocenters. The molecule has 0 spiro atoms. The molecule has 0 bridgehead atoms. The Morgan fingerprint density at radius 1 is 1.45 bits per heavy atom. The zero-order chi connectivity index (χ0) is 14.9. The van der Waals surface area contributed by atoms with E-state index in [1.54, 1.807) is 0 Å². The number of hydrogen-bond acceptors (Lipinski definition) is 6. The lowest BCUT2D eigenvalue weighted by Crippen LogP contribution is -2.17. The molecule has 108 valence electrons. The van der Waals surface area contributed by atoms with Crippen LogP contribution in [0.2, 0.25) is 0 Å². The van der Waals surface area contributed by atoms with Gasteiger partial charge in [-0.25, -0.2) is 22.2 Å². The molecule has 0 unspecified atom stereocenters. The zero-order valence-corrected chi connectivity index (χ0v) is 11.5. The number of hydrogen-bond donors (Lipinski definition) is 2. The van der Waals surface area contributed by atoms with Crippen molar-refractivity contribution in [1.29, 1.82) is 0 Å². The van der Waals surface area contributed by atoms with Crippen molar-refractivity contribution in [3.63, 3.8) is 0 Å². The van der Waals surface area contributed by atoms with Gasteiger partial charge in [-0.15, -0.1) is 0 Å². The number of nitrogen functional groups attached to an aromatic ring is 1. The Kier molecular flexibility index (Phi) is 3.49. The van der Waals surface area contributed by atoms with E-state index in [-0.39, 0.29) is 22.3 Å². The van der Waals surface area contributed by atoms with Gasteiger partial charge in [-0.1, -0.05) is 0 Å². The summed E-state index contributed by atoms with van der Waals surface area (Å²) in [5.41, 5.74) is 5.42. The summed E-state index contributed by atoms with van der Waals surface area (Å²) in [6, 6.07) is 1.91. The van der Waals surface area contributed by atoms with Gasteiger partial charge in [0.05, 0.1) is 17.7 Å². The van der Waals surface area contributed by atoms with E-state index in [2.05, 4.69) is 14.8 Å². The molecule has 3 N–H and O–H groups in total. The van der Waals surface area contributed by atoms with Crippen molar-refractivity contribution in [2.45, 2.75) is 4.90 Å². The molecule has 8 nitrogen and oxygen atoms in total. The van der Waals surface area contributed by atoms with Crippen molar-refractivity contribution in [3.8, 4) is 5.75 Å². The van der Waals surface area contributed by atoms with Gasteiger partial charge in [0.2, 0.25) is 5.95 Å². The average molecular weight is 301 g/mol. The second kappa shape index (κ2) is 4.96. The Morgan fingerprint density at radius 2 is 2.15 bits per heavy atom. The van der Waals surface area contributed by atoms with E-state index in [0.717, 1.165) is 12.1 Å². The van der Waals surface area contributed by atoms with Crippen LogP contribution in [0.4, 0.5) is 16.0 Å². The second-order valence-corrected chi connectivity index (χ2v) is 5.52. The third-order valence-corrected chi connectivity index (χ3v) is 3.80. The summed E-state index contributed by atoms with van der Waals surface area (Å²) < 4.78 is 46.0. The lowest BCUT2D eigenvalue weighted by molar-refractivity contribution is 0.388. The number of benzene rings is 1. The third kappa shape index (κ3) is 2.50. The van der Waals surface area contributed by atoms with Gasteiger partial charge in [-0.05, 0) is 12.1 Å². The van der Waals surface area contributed by atoms with Gasteiger partial charge in [0, 0.05) is 7.05 Å². The van der Waals surface area contributed by atoms with Crippen molar-refractivity contribution in [2.75, 3.05) is 17.6 Å². The van der Waals surface area contributed by atoms with E-state index in [0.29, 0.717) is 0 Å². The van der Waals surface area contributed by atoms with Crippen LogP contribution in [0.15, 0.2) is 23.4 Å². The van der Waals surface area contributed by atoms with E-state index in [9.17, 15) is 12.8 Å². The molecule has 20 heavy (non-hydrogen) atoms. The molecule has 0 saturated carbocycles. The first-order chi connectivity index (χ1) is 9.35. The van der Waals surface area contributed by atoms with Crippen molar-refractivity contribution in [1.82, 2.24) is 14.8 Å². The number of aromatic nitrogens is 3. The van der Waals surface area contributed by atoms with Crippen molar-refractivity contribution in [2.24, 2.45) is 7.05 Å². The van der Waals surface area contributed by atoms with Crippen LogP contribution in [0.3, 0.4) is 0 Å². The fourth-order valence-corrected chi connectivity index (χ4v) is 2.61. The highest BCUT2D eigenvalue weighted by molar-refractivity contribution is 7.92. The molecule has 2 rings (SSSR count). The number of halogens is 1. The molecular weight excluding hydrogens is 289 g/mol. The van der Waals surface area contributed by atoms with Gasteiger partial charge >= 0.3 is 0 Å². The van der Waals surface area contributed by atoms with Crippen LogP contribution in [0, 0.1) is 5.82 Å². The molecule has 1 heterocycles. The largest absolute Gasteiger partial charge is 0.492 e. The molecule has 0 aliphatic rings. The first-order valence-corrected chi connectivity index (χ1v) is 6.83. The molecule has 1 aromatic carbocycles. The van der Waals surface area contributed by atoms with E-state index >= 15 is 0 Å². The number of anilines is 2. The smallest absolute Gasteiger partial charge is 0.264 e. The van der Waals surface area contributed by atoms with Crippen LogP contribution in [-0.2, 0) is 17.1 Å². The normalized spacial score (nSPS) is 11.3. The summed E-state index contributed by atoms with van der Waals surface area (Å²) in [4.78, 5) is 3.38. The van der Waals surface area contributed by atoms with Gasteiger partial charge < -0.3 is 10.5 Å². The molecule has 0 amide bonds. The Labute approximate surface area is 114 Å². The first kappa shape index (κ1) is 14.1. The maximum absolute atomic E-state index is 13.7. The number of methoxy groups -OCH3 is 1. The standard InChI is InChI=1S/C10H12FN5O3S/c1-16-10(13-5-14-16)15-20(17,18)6-3-7(11)9(19-2)8(12)4-6/h3-5H,12H2,1-2H3,(H,13,14,15). The van der Waals surface area contributed by atoms with Crippen LogP contribution in [0.1, 0.15) is 0 Å². The summed E-state index contributed by atoms with van der Waals surface area (Å²) in [6.45, 7) is 0. The number of nitrogens with one attached hydrogen (secondary N) is 1. The highest BCUT2D eigenvalue weighted by atomic mass is 32.2. The van der Waals surface area contributed by atoms with Crippen molar-refractivity contribution in [3.05, 3.63) is 24.3 Å². The number of nitrogens with two attached hydrogens (primary N) is 1. The predicted molar refractivity (Wildman–Crippen MR) is 69.2 cm³/mol. The van der Waals surface area contributed by atoms with Crippen LogP contribution in [-0.4, -0.2) is 30.3 Å². The molecule has 0 saturated heterocycles. The summed E-state index contributed by atoms with van der Waals surface area (Å²) in [6.07, 6.45) is 1.18. The maximum atomic E-state index is 13.7. The predicted octanol–water partition coefficient (Wildman–Crippen LogP) is 0.346. The highest BCUT2D eigenvalue weighted by Gasteiger charge is 2.20. The minimum absolute atomic E-state index is 0.000187. The summed E-state index contributed by atoms with van der Waals surface area (Å²) in [5.74, 6) is -1.08. The second-order valence-electron chi connectivity index (χ2n) is 3.84. The summed E-state index contributed by atoms with van der Waals surface area (Å²) in [5, 5.41) is 3.72. The summed E-state index contributed by atoms with van der Waals surface area (Å²) in [7, 11) is -1.28. The Balaban J connectivity index is 2.43. The lowest BCUT2D eigenvalue weighted by Gasteiger charge is -2.10. The lowest BCUT2D eigenvalue weighted by atomic mass is 10.3. The average Bonchev–Trinajstić information content (AvgIpc) is 2.74. The van der Waals surface area contributed by atoms with E-state index in [1.807, 2.05) is 0 Å². The number of sulfonamides is 1. The number of ether oxygens (including phenoxy) is 1. The molecule has 1 aromatic heterocycles. The fraction of sp³-hybridized carbons (Fsp3) is 0.200.